The average molecular weight is 405 g/mol. The SMILES string of the molecule is CC[C@H](Nc1cc(C#CC(C)(C)C)sc1C(=O)OC)C(=O)N1C[C@@H]2C[C@H]1CO2. The van der Waals surface area contributed by atoms with E-state index in [4.69, 9.17) is 9.47 Å². The lowest BCUT2D eigenvalue weighted by molar-refractivity contribution is -0.136. The number of nitrogens with one attached hydrogen (secondary N) is 1. The van der Waals surface area contributed by atoms with Crippen LogP contribution in [0.3, 0.4) is 0 Å². The highest BCUT2D eigenvalue weighted by atomic mass is 32.1. The normalized spacial score (nSPS) is 21.8. The molecule has 2 fully saturated rings. The molecule has 1 N–H and O–H groups in total. The summed E-state index contributed by atoms with van der Waals surface area (Å²) in [5.41, 5.74) is 0.470. The maximum atomic E-state index is 13.1. The van der Waals surface area contributed by atoms with E-state index in [1.807, 2.05) is 38.7 Å². The van der Waals surface area contributed by atoms with Crippen LogP contribution < -0.4 is 5.32 Å². The van der Waals surface area contributed by atoms with Crippen LogP contribution in [0, 0.1) is 17.3 Å². The Kier molecular flexibility index (Phi) is 6.01. The first-order valence-corrected chi connectivity index (χ1v) is 10.5. The predicted octanol–water partition coefficient (Wildman–Crippen LogP) is 3.12. The molecule has 1 amide bonds. The molecule has 0 spiro atoms. The van der Waals surface area contributed by atoms with E-state index in [9.17, 15) is 9.59 Å². The Morgan fingerprint density at radius 2 is 2.21 bits per heavy atom. The van der Waals surface area contributed by atoms with Gasteiger partial charge in [0.1, 0.15) is 10.9 Å². The van der Waals surface area contributed by atoms with Gasteiger partial charge in [-0.3, -0.25) is 4.79 Å². The Morgan fingerprint density at radius 3 is 2.75 bits per heavy atom. The number of thiophene rings is 1. The molecule has 1 aromatic rings. The van der Waals surface area contributed by atoms with Crippen LogP contribution in [0.15, 0.2) is 6.07 Å². The standard InChI is InChI=1S/C21H28N2O4S/c1-6-16(19(24)23-11-14-9-13(23)12-27-14)22-17-10-15(7-8-21(2,3)4)28-18(17)20(25)26-5/h10,13-14,16,22H,6,9,11-12H2,1-5H3/t13-,14-,16-/m0/s1. The van der Waals surface area contributed by atoms with Crippen molar-refractivity contribution < 1.29 is 19.1 Å². The van der Waals surface area contributed by atoms with Gasteiger partial charge in [0, 0.05) is 12.0 Å². The maximum Gasteiger partial charge on any atom is 0.350 e. The zero-order chi connectivity index (χ0) is 20.5. The number of methoxy groups -OCH3 is 1. The number of carbonyl (C=O) groups excluding carboxylic acids is 2. The molecule has 152 valence electrons. The Bertz CT molecular complexity index is 815. The van der Waals surface area contributed by atoms with E-state index >= 15 is 0 Å². The molecule has 0 radical (unpaired) electrons. The van der Waals surface area contributed by atoms with E-state index in [0.29, 0.717) is 30.1 Å². The van der Waals surface area contributed by atoms with E-state index in [1.54, 1.807) is 0 Å². The van der Waals surface area contributed by atoms with Crippen molar-refractivity contribution in [2.45, 2.75) is 58.7 Å². The molecule has 3 heterocycles. The Morgan fingerprint density at radius 1 is 1.46 bits per heavy atom. The van der Waals surface area contributed by atoms with Gasteiger partial charge in [0.05, 0.1) is 36.4 Å². The van der Waals surface area contributed by atoms with Gasteiger partial charge in [-0.15, -0.1) is 11.3 Å². The molecule has 1 aromatic heterocycles. The summed E-state index contributed by atoms with van der Waals surface area (Å²) in [5, 5.41) is 3.28. The topological polar surface area (TPSA) is 67.9 Å². The number of fused-ring (bicyclic) bond motifs is 2. The number of hydrogen-bond acceptors (Lipinski definition) is 6. The molecule has 28 heavy (non-hydrogen) atoms. The van der Waals surface area contributed by atoms with Gasteiger partial charge in [-0.25, -0.2) is 4.79 Å². The van der Waals surface area contributed by atoms with Crippen molar-refractivity contribution in [3.8, 4) is 11.8 Å². The highest BCUT2D eigenvalue weighted by Gasteiger charge is 2.43. The lowest BCUT2D eigenvalue weighted by Gasteiger charge is -2.30. The summed E-state index contributed by atoms with van der Waals surface area (Å²) in [6.07, 6.45) is 1.70. The minimum Gasteiger partial charge on any atom is -0.465 e. The zero-order valence-electron chi connectivity index (χ0n) is 17.1. The summed E-state index contributed by atoms with van der Waals surface area (Å²) in [5.74, 6) is 5.95. The van der Waals surface area contributed by atoms with Crippen LogP contribution in [-0.2, 0) is 14.3 Å². The van der Waals surface area contributed by atoms with Gasteiger partial charge in [0.2, 0.25) is 5.91 Å². The van der Waals surface area contributed by atoms with Crippen LogP contribution >= 0.6 is 11.3 Å². The highest BCUT2D eigenvalue weighted by molar-refractivity contribution is 7.15. The Balaban J connectivity index is 1.82. The fourth-order valence-corrected chi connectivity index (χ4v) is 4.34. The molecule has 2 saturated heterocycles. The van der Waals surface area contributed by atoms with Gasteiger partial charge < -0.3 is 19.7 Å². The summed E-state index contributed by atoms with van der Waals surface area (Å²) >= 11 is 1.29. The van der Waals surface area contributed by atoms with Crippen LogP contribution in [0.5, 0.6) is 0 Å². The van der Waals surface area contributed by atoms with Crippen molar-refractivity contribution in [3.05, 3.63) is 15.8 Å². The fourth-order valence-electron chi connectivity index (χ4n) is 3.45. The fraction of sp³-hybridized carbons (Fsp3) is 0.619. The quantitative estimate of drug-likeness (QED) is 0.603. The second-order valence-corrected chi connectivity index (χ2v) is 9.34. The lowest BCUT2D eigenvalue weighted by Crippen LogP contribution is -2.48. The smallest absolute Gasteiger partial charge is 0.350 e. The summed E-state index contributed by atoms with van der Waals surface area (Å²) in [7, 11) is 1.36. The number of amides is 1. The van der Waals surface area contributed by atoms with E-state index in [2.05, 4.69) is 17.2 Å². The molecule has 0 aromatic carbocycles. The molecule has 0 saturated carbocycles. The zero-order valence-corrected chi connectivity index (χ0v) is 17.9. The van der Waals surface area contributed by atoms with Gasteiger partial charge in [-0.2, -0.15) is 0 Å². The van der Waals surface area contributed by atoms with Crippen LogP contribution in [-0.4, -0.2) is 55.2 Å². The highest BCUT2D eigenvalue weighted by Crippen LogP contribution is 2.31. The first-order valence-electron chi connectivity index (χ1n) is 9.65. The third-order valence-corrected chi connectivity index (χ3v) is 5.91. The van der Waals surface area contributed by atoms with Gasteiger partial charge >= 0.3 is 5.97 Å². The first-order chi connectivity index (χ1) is 13.2. The number of ether oxygens (including phenoxy) is 2. The molecule has 6 nitrogen and oxygen atoms in total. The second-order valence-electron chi connectivity index (χ2n) is 8.29. The molecular formula is C21H28N2O4S. The van der Waals surface area contributed by atoms with Crippen molar-refractivity contribution in [1.29, 1.82) is 0 Å². The van der Waals surface area contributed by atoms with Gasteiger partial charge in [0.15, 0.2) is 0 Å². The van der Waals surface area contributed by atoms with Crippen LogP contribution in [0.25, 0.3) is 0 Å². The number of rotatable bonds is 5. The van der Waals surface area contributed by atoms with Crippen molar-refractivity contribution in [1.82, 2.24) is 4.90 Å². The summed E-state index contributed by atoms with van der Waals surface area (Å²) in [4.78, 5) is 28.4. The molecule has 2 bridgehead atoms. The van der Waals surface area contributed by atoms with Gasteiger partial charge in [0.25, 0.3) is 0 Å². The number of carbonyl (C=O) groups is 2. The Hall–Kier alpha value is -2.04. The van der Waals surface area contributed by atoms with E-state index in [1.165, 1.54) is 18.4 Å². The number of likely N-dealkylation sites (tertiary alicyclic amines) is 1. The van der Waals surface area contributed by atoms with Crippen LogP contribution in [0.4, 0.5) is 5.69 Å². The molecule has 3 rings (SSSR count). The minimum atomic E-state index is -0.424. The lowest BCUT2D eigenvalue weighted by atomic mass is 9.98. The predicted molar refractivity (Wildman–Crippen MR) is 110 cm³/mol. The molecular weight excluding hydrogens is 376 g/mol. The summed E-state index contributed by atoms with van der Waals surface area (Å²) in [6.45, 7) is 9.33. The number of anilines is 1. The van der Waals surface area contributed by atoms with E-state index in [-0.39, 0.29) is 23.5 Å². The van der Waals surface area contributed by atoms with Crippen molar-refractivity contribution >= 4 is 28.9 Å². The average Bonchev–Trinajstić information content (AvgIpc) is 3.38. The minimum absolute atomic E-state index is 0.0580. The van der Waals surface area contributed by atoms with Gasteiger partial charge in [-0.05, 0) is 39.7 Å². The van der Waals surface area contributed by atoms with Crippen LogP contribution in [0.1, 0.15) is 55.1 Å². The third-order valence-electron chi connectivity index (χ3n) is 4.88. The van der Waals surface area contributed by atoms with E-state index in [0.717, 1.165) is 11.3 Å². The first kappa shape index (κ1) is 20.7. The van der Waals surface area contributed by atoms with E-state index < -0.39 is 12.0 Å². The van der Waals surface area contributed by atoms with Crippen molar-refractivity contribution in [2.75, 3.05) is 25.6 Å². The molecule has 0 aliphatic carbocycles. The molecule has 7 heteroatoms. The summed E-state index contributed by atoms with van der Waals surface area (Å²) < 4.78 is 10.5. The molecule has 2 aliphatic heterocycles. The number of hydrogen-bond donors (Lipinski definition) is 1. The van der Waals surface area contributed by atoms with Crippen molar-refractivity contribution in [3.63, 3.8) is 0 Å². The second kappa shape index (κ2) is 8.14. The molecule has 2 aliphatic rings. The monoisotopic (exact) mass is 404 g/mol. The summed E-state index contributed by atoms with van der Waals surface area (Å²) in [6, 6.07) is 1.61. The Labute approximate surface area is 170 Å². The molecule has 0 unspecified atom stereocenters. The third kappa shape index (κ3) is 4.50. The largest absolute Gasteiger partial charge is 0.465 e. The molecule has 3 atom stereocenters. The maximum absolute atomic E-state index is 13.1. The van der Waals surface area contributed by atoms with Crippen LogP contribution in [0.2, 0.25) is 0 Å². The number of morpholine rings is 1. The van der Waals surface area contributed by atoms with Crippen molar-refractivity contribution in [2.24, 2.45) is 5.41 Å². The number of nitrogens with zero attached hydrogens (tertiary/aromatic N) is 1. The number of esters is 1. The van der Waals surface area contributed by atoms with Gasteiger partial charge in [-0.1, -0.05) is 18.8 Å².